The van der Waals surface area contributed by atoms with E-state index in [9.17, 15) is 0 Å². The summed E-state index contributed by atoms with van der Waals surface area (Å²) in [5.74, 6) is 0. The monoisotopic (exact) mass is 755 g/mol. The second-order valence-electron chi connectivity index (χ2n) is 19.9. The van der Waals surface area contributed by atoms with Crippen LogP contribution in [0, 0.1) is 0 Å². The van der Waals surface area contributed by atoms with E-state index in [1.165, 1.54) is 72.1 Å². The van der Waals surface area contributed by atoms with Crippen molar-refractivity contribution < 1.29 is 4.42 Å². The van der Waals surface area contributed by atoms with Crippen molar-refractivity contribution in [2.24, 2.45) is 0 Å². The molecule has 1 aromatic heterocycles. The van der Waals surface area contributed by atoms with Gasteiger partial charge in [0.25, 0.3) is 0 Å². The molecule has 10 rings (SSSR count). The molecule has 0 bridgehead atoms. The number of furan rings is 1. The van der Waals surface area contributed by atoms with Crippen molar-refractivity contribution in [2.45, 2.75) is 90.9 Å². The average Bonchev–Trinajstić information content (AvgIpc) is 3.76. The lowest BCUT2D eigenvalue weighted by Crippen LogP contribution is -2.18. The van der Waals surface area contributed by atoms with Gasteiger partial charge in [0.2, 0.25) is 0 Å². The predicted molar refractivity (Wildman–Crippen MR) is 246 cm³/mol. The third-order valence-corrected chi connectivity index (χ3v) is 13.3. The molecule has 8 aromatic rings. The van der Waals surface area contributed by atoms with E-state index < -0.39 is 0 Å². The van der Waals surface area contributed by atoms with E-state index in [1.54, 1.807) is 0 Å². The first kappa shape index (κ1) is 36.5. The quantitative estimate of drug-likeness (QED) is 0.178. The zero-order valence-electron chi connectivity index (χ0n) is 35.6. The minimum absolute atomic E-state index is 0.0198. The van der Waals surface area contributed by atoms with Gasteiger partial charge in [0, 0.05) is 44.2 Å². The van der Waals surface area contributed by atoms with Gasteiger partial charge in [0.1, 0.15) is 11.2 Å². The Morgan fingerprint density at radius 2 is 1.00 bits per heavy atom. The van der Waals surface area contributed by atoms with E-state index in [0.29, 0.717) is 0 Å². The molecule has 0 spiro atoms. The van der Waals surface area contributed by atoms with Crippen molar-refractivity contribution in [3.05, 3.63) is 173 Å². The van der Waals surface area contributed by atoms with Gasteiger partial charge in [-0.3, -0.25) is 0 Å². The summed E-state index contributed by atoms with van der Waals surface area (Å²) in [5, 5.41) is 2.32. The predicted octanol–water partition coefficient (Wildman–Crippen LogP) is 15.9. The lowest BCUT2D eigenvalue weighted by Gasteiger charge is -2.30. The van der Waals surface area contributed by atoms with Gasteiger partial charge >= 0.3 is 0 Å². The summed E-state index contributed by atoms with van der Waals surface area (Å²) in [5.41, 5.74) is 21.0. The normalized spacial score (nSPS) is 15.0. The van der Waals surface area contributed by atoms with Crippen LogP contribution in [0.2, 0.25) is 0 Å². The first-order valence-electron chi connectivity index (χ1n) is 20.9. The van der Waals surface area contributed by atoms with Gasteiger partial charge in [-0.2, -0.15) is 0 Å². The van der Waals surface area contributed by atoms with E-state index >= 15 is 0 Å². The molecule has 0 unspecified atom stereocenters. The van der Waals surface area contributed by atoms with E-state index in [1.807, 2.05) is 0 Å². The molecule has 0 saturated heterocycles. The molecule has 0 N–H and O–H groups in total. The molecular weight excluding hydrogens is 703 g/mol. The van der Waals surface area contributed by atoms with Gasteiger partial charge in [-0.05, 0) is 121 Å². The van der Waals surface area contributed by atoms with Crippen LogP contribution < -0.4 is 4.90 Å². The highest BCUT2D eigenvalue weighted by Gasteiger charge is 2.40. The molecule has 2 aliphatic rings. The van der Waals surface area contributed by atoms with E-state index in [4.69, 9.17) is 4.42 Å². The summed E-state index contributed by atoms with van der Waals surface area (Å²) in [6.07, 6.45) is 0. The fourth-order valence-corrected chi connectivity index (χ4v) is 10.2. The molecule has 7 aromatic carbocycles. The van der Waals surface area contributed by atoms with Crippen LogP contribution in [0.25, 0.3) is 55.3 Å². The Morgan fingerprint density at radius 1 is 0.431 bits per heavy atom. The van der Waals surface area contributed by atoms with Crippen LogP contribution in [0.4, 0.5) is 17.1 Å². The lowest BCUT2D eigenvalue weighted by atomic mass is 9.79. The van der Waals surface area contributed by atoms with Crippen molar-refractivity contribution >= 4 is 39.0 Å². The SMILES string of the molecule is CC(C)(C)c1cccc2c1-c1ccc(N(c3cccc(-c4ccc5oc6c(C(C)(C)C)cccc6c5c4)c3)c3ccc4c(c3)C(C)(C)c3ccccc3-4)cc1C2(C)C. The second-order valence-corrected chi connectivity index (χ2v) is 19.9. The molecule has 2 aliphatic carbocycles. The molecule has 0 amide bonds. The molecule has 2 heteroatoms. The topological polar surface area (TPSA) is 16.4 Å². The molecule has 0 atom stereocenters. The highest BCUT2D eigenvalue weighted by atomic mass is 16.3. The molecular formula is C56H53NO. The number of nitrogens with zero attached hydrogens (tertiary/aromatic N) is 1. The van der Waals surface area contributed by atoms with Crippen LogP contribution in [-0.2, 0) is 21.7 Å². The van der Waals surface area contributed by atoms with E-state index in [0.717, 1.165) is 33.6 Å². The summed E-state index contributed by atoms with van der Waals surface area (Å²) in [6, 6.07) is 52.5. The van der Waals surface area contributed by atoms with Crippen molar-refractivity contribution in [2.75, 3.05) is 4.90 Å². The summed E-state index contributed by atoms with van der Waals surface area (Å²) < 4.78 is 6.55. The van der Waals surface area contributed by atoms with Crippen LogP contribution in [0.5, 0.6) is 0 Å². The lowest BCUT2D eigenvalue weighted by molar-refractivity contribution is 0.573. The minimum Gasteiger partial charge on any atom is -0.456 e. The fraction of sp³-hybridized carbons (Fsp3) is 0.250. The van der Waals surface area contributed by atoms with Crippen molar-refractivity contribution in [3.63, 3.8) is 0 Å². The van der Waals surface area contributed by atoms with E-state index in [-0.39, 0.29) is 21.7 Å². The van der Waals surface area contributed by atoms with Gasteiger partial charge in [0.15, 0.2) is 0 Å². The fourth-order valence-electron chi connectivity index (χ4n) is 10.2. The van der Waals surface area contributed by atoms with Crippen LogP contribution >= 0.6 is 0 Å². The van der Waals surface area contributed by atoms with Gasteiger partial charge < -0.3 is 9.32 Å². The summed E-state index contributed by atoms with van der Waals surface area (Å²) in [6.45, 7) is 23.3. The maximum atomic E-state index is 6.55. The number of para-hydroxylation sites is 1. The Kier molecular flexibility index (Phi) is 7.75. The highest BCUT2D eigenvalue weighted by Crippen LogP contribution is 2.55. The molecule has 0 radical (unpaired) electrons. The smallest absolute Gasteiger partial charge is 0.139 e. The average molecular weight is 756 g/mol. The molecule has 288 valence electrons. The van der Waals surface area contributed by atoms with Gasteiger partial charge in [-0.1, -0.05) is 160 Å². The summed E-state index contributed by atoms with van der Waals surface area (Å²) in [7, 11) is 0. The second kappa shape index (κ2) is 12.3. The summed E-state index contributed by atoms with van der Waals surface area (Å²) in [4.78, 5) is 2.48. The van der Waals surface area contributed by atoms with Crippen LogP contribution in [-0.4, -0.2) is 0 Å². The first-order chi connectivity index (χ1) is 27.5. The standard InChI is InChI=1S/C56H53NO/c1-53(2,3)45-21-15-22-46-51(45)42-28-26-38(33-49(42)56(46,9)10)57(37-25-27-40-39-18-11-12-20-44(39)55(7,8)48(40)32-37)36-17-13-16-34(30-36)35-24-29-50-43(31-35)41-19-14-23-47(52(41)58-50)54(4,5)6/h11-33H,1-10H3. The molecule has 0 fully saturated rings. The third kappa shape index (κ3) is 5.37. The molecule has 2 nitrogen and oxygen atoms in total. The molecule has 58 heavy (non-hydrogen) atoms. The van der Waals surface area contributed by atoms with E-state index in [2.05, 4.69) is 214 Å². The van der Waals surface area contributed by atoms with Crippen LogP contribution in [0.3, 0.4) is 0 Å². The Bertz CT molecular complexity index is 2970. The largest absolute Gasteiger partial charge is 0.456 e. The molecule has 0 saturated carbocycles. The maximum Gasteiger partial charge on any atom is 0.139 e. The number of hydrogen-bond donors (Lipinski definition) is 0. The Hall–Kier alpha value is -5.86. The zero-order chi connectivity index (χ0) is 40.5. The van der Waals surface area contributed by atoms with Crippen LogP contribution in [0.15, 0.2) is 144 Å². The van der Waals surface area contributed by atoms with Crippen molar-refractivity contribution in [1.29, 1.82) is 0 Å². The number of anilines is 3. The number of rotatable bonds is 4. The Labute approximate surface area is 344 Å². The number of hydrogen-bond acceptors (Lipinski definition) is 2. The minimum atomic E-state index is -0.146. The Balaban J connectivity index is 1.15. The number of fused-ring (bicyclic) bond motifs is 9. The van der Waals surface area contributed by atoms with Crippen molar-refractivity contribution in [3.8, 4) is 33.4 Å². The van der Waals surface area contributed by atoms with Gasteiger partial charge in [0.05, 0.1) is 0 Å². The van der Waals surface area contributed by atoms with Crippen molar-refractivity contribution in [1.82, 2.24) is 0 Å². The molecule has 1 heterocycles. The van der Waals surface area contributed by atoms with Gasteiger partial charge in [-0.25, -0.2) is 0 Å². The van der Waals surface area contributed by atoms with Gasteiger partial charge in [-0.15, -0.1) is 0 Å². The van der Waals surface area contributed by atoms with Crippen LogP contribution in [0.1, 0.15) is 103 Å². The maximum absolute atomic E-state index is 6.55. The Morgan fingerprint density at radius 3 is 1.74 bits per heavy atom. The molecule has 0 aliphatic heterocycles. The third-order valence-electron chi connectivity index (χ3n) is 13.3. The number of benzene rings is 7. The first-order valence-corrected chi connectivity index (χ1v) is 20.9. The zero-order valence-corrected chi connectivity index (χ0v) is 35.6. The summed E-state index contributed by atoms with van der Waals surface area (Å²) >= 11 is 0. The highest BCUT2D eigenvalue weighted by molar-refractivity contribution is 6.07.